The van der Waals surface area contributed by atoms with Crippen LogP contribution in [0.15, 0.2) is 49.0 Å². The van der Waals surface area contributed by atoms with Crippen LogP contribution in [0, 0.1) is 10.5 Å². The van der Waals surface area contributed by atoms with Gasteiger partial charge in [0.1, 0.15) is 5.75 Å². The molecule has 7 heteroatoms. The van der Waals surface area contributed by atoms with E-state index in [-0.39, 0.29) is 6.04 Å². The first-order chi connectivity index (χ1) is 14.6. The van der Waals surface area contributed by atoms with Crippen molar-refractivity contribution in [1.29, 1.82) is 0 Å². The average molecular weight is 528 g/mol. The summed E-state index contributed by atoms with van der Waals surface area (Å²) in [6.45, 7) is 7.43. The molecule has 8 N–H and O–H groups in total. The smallest absolute Gasteiger partial charge is 0.345 e. The summed E-state index contributed by atoms with van der Waals surface area (Å²) in [5, 5.41) is 0. The molecule has 0 bridgehead atoms. The molecule has 3 aromatic rings. The predicted molar refractivity (Wildman–Crippen MR) is 137 cm³/mol. The lowest BCUT2D eigenvalue weighted by molar-refractivity contribution is 0.0735. The Bertz CT molecular complexity index is 1170. The highest BCUT2D eigenvalue weighted by atomic mass is 127. The standard InChI is InChI=1S/C24H25IN4O2/c1-4-14-8-17(11-21(29)23(14)13(3)26)31-24(30)22-12(2)7-15(9-20(22)28)18-6-5-16(25)10-19(18)27/h4-11,13H,1,26-29H2,2-3H3. The van der Waals surface area contributed by atoms with E-state index in [1.807, 2.05) is 38.1 Å². The Labute approximate surface area is 195 Å². The van der Waals surface area contributed by atoms with Crippen molar-refractivity contribution in [3.63, 3.8) is 0 Å². The maximum Gasteiger partial charge on any atom is 0.345 e. The number of carbonyl (C=O) groups excluding carboxylic acids is 1. The number of rotatable bonds is 5. The maximum atomic E-state index is 12.9. The van der Waals surface area contributed by atoms with E-state index in [9.17, 15) is 4.79 Å². The normalized spacial score (nSPS) is 11.7. The number of nitrogens with two attached hydrogens (primary N) is 4. The molecule has 0 radical (unpaired) electrons. The van der Waals surface area contributed by atoms with Gasteiger partial charge in [0.15, 0.2) is 0 Å². The Kier molecular flexibility index (Phi) is 6.56. The average Bonchev–Trinajstić information content (AvgIpc) is 2.66. The number of halogens is 1. The van der Waals surface area contributed by atoms with Crippen LogP contribution in [-0.2, 0) is 0 Å². The summed E-state index contributed by atoms with van der Waals surface area (Å²) in [5.74, 6) is -0.272. The van der Waals surface area contributed by atoms with Crippen molar-refractivity contribution in [2.24, 2.45) is 5.73 Å². The zero-order chi connectivity index (χ0) is 22.9. The van der Waals surface area contributed by atoms with Crippen LogP contribution in [0.3, 0.4) is 0 Å². The van der Waals surface area contributed by atoms with E-state index in [0.29, 0.717) is 39.5 Å². The van der Waals surface area contributed by atoms with Crippen LogP contribution < -0.4 is 27.7 Å². The van der Waals surface area contributed by atoms with Gasteiger partial charge in [-0.1, -0.05) is 24.8 Å². The summed E-state index contributed by atoms with van der Waals surface area (Å²) in [5.41, 5.74) is 30.0. The zero-order valence-electron chi connectivity index (χ0n) is 17.4. The number of nitrogen functional groups attached to an aromatic ring is 3. The molecule has 160 valence electrons. The molecule has 31 heavy (non-hydrogen) atoms. The van der Waals surface area contributed by atoms with Gasteiger partial charge < -0.3 is 27.7 Å². The van der Waals surface area contributed by atoms with Gasteiger partial charge in [-0.2, -0.15) is 0 Å². The van der Waals surface area contributed by atoms with Crippen molar-refractivity contribution >= 4 is 51.7 Å². The fourth-order valence-corrected chi connectivity index (χ4v) is 4.14. The molecule has 0 aliphatic carbocycles. The monoisotopic (exact) mass is 528 g/mol. The van der Waals surface area contributed by atoms with E-state index < -0.39 is 5.97 Å². The third-order valence-corrected chi connectivity index (χ3v) is 5.67. The highest BCUT2D eigenvalue weighted by Gasteiger charge is 2.19. The lowest BCUT2D eigenvalue weighted by atomic mass is 9.97. The quantitative estimate of drug-likeness (QED) is 0.161. The van der Waals surface area contributed by atoms with Crippen LogP contribution in [0.5, 0.6) is 5.75 Å². The Hall–Kier alpha value is -3.04. The highest BCUT2D eigenvalue weighted by molar-refractivity contribution is 14.1. The number of carbonyl (C=O) groups is 1. The Morgan fingerprint density at radius 3 is 2.35 bits per heavy atom. The summed E-state index contributed by atoms with van der Waals surface area (Å²) < 4.78 is 6.63. The van der Waals surface area contributed by atoms with Gasteiger partial charge in [-0.25, -0.2) is 4.79 Å². The molecule has 1 atom stereocenters. The fourth-order valence-electron chi connectivity index (χ4n) is 3.63. The lowest BCUT2D eigenvalue weighted by Gasteiger charge is -2.16. The molecule has 0 aliphatic heterocycles. The molecule has 0 spiro atoms. The van der Waals surface area contributed by atoms with Gasteiger partial charge in [-0.3, -0.25) is 0 Å². The number of ether oxygens (including phenoxy) is 1. The lowest BCUT2D eigenvalue weighted by Crippen LogP contribution is -2.15. The van der Waals surface area contributed by atoms with E-state index in [1.54, 1.807) is 24.3 Å². The number of aryl methyl sites for hydroxylation is 1. The van der Waals surface area contributed by atoms with Gasteiger partial charge in [-0.05, 0) is 83.0 Å². The van der Waals surface area contributed by atoms with E-state index in [2.05, 4.69) is 29.2 Å². The number of hydrogen-bond acceptors (Lipinski definition) is 6. The van der Waals surface area contributed by atoms with Crippen LogP contribution in [0.25, 0.3) is 17.2 Å². The van der Waals surface area contributed by atoms with Crippen LogP contribution in [0.1, 0.15) is 40.0 Å². The molecule has 0 amide bonds. The molecular formula is C24H25IN4O2. The van der Waals surface area contributed by atoms with E-state index in [1.165, 1.54) is 0 Å². The van der Waals surface area contributed by atoms with Gasteiger partial charge in [-0.15, -0.1) is 0 Å². The van der Waals surface area contributed by atoms with Crippen molar-refractivity contribution in [3.05, 3.63) is 74.9 Å². The van der Waals surface area contributed by atoms with Gasteiger partial charge >= 0.3 is 5.97 Å². The molecule has 0 saturated carbocycles. The second-order valence-corrected chi connectivity index (χ2v) is 8.63. The van der Waals surface area contributed by atoms with Crippen molar-refractivity contribution < 1.29 is 9.53 Å². The molecule has 1 unspecified atom stereocenters. The Balaban J connectivity index is 1.96. The summed E-state index contributed by atoms with van der Waals surface area (Å²) in [6.07, 6.45) is 1.63. The molecule has 3 aromatic carbocycles. The summed E-state index contributed by atoms with van der Waals surface area (Å²) in [4.78, 5) is 12.9. The minimum Gasteiger partial charge on any atom is -0.423 e. The molecule has 0 heterocycles. The molecule has 0 saturated heterocycles. The number of hydrogen-bond donors (Lipinski definition) is 4. The van der Waals surface area contributed by atoms with E-state index >= 15 is 0 Å². The topological polar surface area (TPSA) is 130 Å². The van der Waals surface area contributed by atoms with Crippen molar-refractivity contribution in [1.82, 2.24) is 0 Å². The molecule has 0 fully saturated rings. The third kappa shape index (κ3) is 4.67. The van der Waals surface area contributed by atoms with Crippen LogP contribution in [0.4, 0.5) is 17.1 Å². The van der Waals surface area contributed by atoms with Crippen molar-refractivity contribution in [2.45, 2.75) is 19.9 Å². The molecular weight excluding hydrogens is 503 g/mol. The molecule has 6 nitrogen and oxygen atoms in total. The van der Waals surface area contributed by atoms with E-state index in [0.717, 1.165) is 20.3 Å². The van der Waals surface area contributed by atoms with Gasteiger partial charge in [0.05, 0.1) is 5.56 Å². The van der Waals surface area contributed by atoms with Crippen LogP contribution >= 0.6 is 22.6 Å². The first-order valence-electron chi connectivity index (χ1n) is 9.61. The van der Waals surface area contributed by atoms with Crippen LogP contribution in [-0.4, -0.2) is 5.97 Å². The van der Waals surface area contributed by atoms with Gasteiger partial charge in [0.2, 0.25) is 0 Å². The first kappa shape index (κ1) is 22.6. The van der Waals surface area contributed by atoms with Crippen molar-refractivity contribution in [2.75, 3.05) is 17.2 Å². The van der Waals surface area contributed by atoms with Crippen LogP contribution in [0.2, 0.25) is 0 Å². The fraction of sp³-hybridized carbons (Fsp3) is 0.125. The number of esters is 1. The minimum atomic E-state index is -0.569. The SMILES string of the molecule is C=Cc1cc(OC(=O)c2c(C)cc(-c3ccc(I)cc3N)cc2N)cc(N)c1C(C)N. The Morgan fingerprint density at radius 1 is 1.06 bits per heavy atom. The van der Waals surface area contributed by atoms with Gasteiger partial charge in [0, 0.05) is 38.3 Å². The minimum absolute atomic E-state index is 0.281. The number of benzene rings is 3. The molecule has 0 aliphatic rings. The Morgan fingerprint density at radius 2 is 1.77 bits per heavy atom. The first-order valence-corrected chi connectivity index (χ1v) is 10.7. The summed E-state index contributed by atoms with van der Waals surface area (Å²) in [6, 6.07) is 12.4. The molecule has 0 aromatic heterocycles. The second-order valence-electron chi connectivity index (χ2n) is 7.39. The predicted octanol–water partition coefficient (Wildman–Crippen LogP) is 4.90. The van der Waals surface area contributed by atoms with Crippen molar-refractivity contribution in [3.8, 4) is 16.9 Å². The largest absolute Gasteiger partial charge is 0.423 e. The maximum absolute atomic E-state index is 12.9. The number of anilines is 3. The second kappa shape index (κ2) is 8.99. The third-order valence-electron chi connectivity index (χ3n) is 5.00. The summed E-state index contributed by atoms with van der Waals surface area (Å²) in [7, 11) is 0. The van der Waals surface area contributed by atoms with Gasteiger partial charge in [0.25, 0.3) is 0 Å². The van der Waals surface area contributed by atoms with E-state index in [4.69, 9.17) is 27.7 Å². The summed E-state index contributed by atoms with van der Waals surface area (Å²) >= 11 is 2.20. The molecule has 3 rings (SSSR count). The highest BCUT2D eigenvalue weighted by Crippen LogP contribution is 2.33. The zero-order valence-corrected chi connectivity index (χ0v) is 19.6.